The molecule has 0 unspecified atom stereocenters. The second-order valence-electron chi connectivity index (χ2n) is 8.48. The van der Waals surface area contributed by atoms with Crippen LogP contribution in [0, 0.1) is 25.2 Å². The van der Waals surface area contributed by atoms with Crippen molar-refractivity contribution in [3.8, 4) is 17.5 Å². The number of nitrogens with one attached hydrogen (secondary N) is 2. The lowest BCUT2D eigenvalue weighted by atomic mass is 10.0. The van der Waals surface area contributed by atoms with Crippen LogP contribution in [-0.2, 0) is 35.1 Å². The van der Waals surface area contributed by atoms with E-state index in [-0.39, 0.29) is 55.0 Å². The molecule has 0 saturated carbocycles. The highest BCUT2D eigenvalue weighted by molar-refractivity contribution is 5.98. The first-order chi connectivity index (χ1) is 19.7. The van der Waals surface area contributed by atoms with E-state index in [4.69, 9.17) is 25.1 Å². The Kier molecular flexibility index (Phi) is 16.4. The fraction of sp³-hybridized carbons (Fsp3) is 0.370. The third-order valence-corrected chi connectivity index (χ3v) is 4.94. The van der Waals surface area contributed by atoms with Crippen LogP contribution >= 0.6 is 12.4 Å². The largest absolute Gasteiger partial charge is 0.493 e. The lowest BCUT2D eigenvalue weighted by Crippen LogP contribution is -2.29. The molecule has 0 fully saturated rings. The first-order valence-electron chi connectivity index (χ1n) is 12.5. The maximum absolute atomic E-state index is 11.6. The van der Waals surface area contributed by atoms with Crippen molar-refractivity contribution >= 4 is 41.9 Å². The summed E-state index contributed by atoms with van der Waals surface area (Å²) in [7, 11) is 0. The summed E-state index contributed by atoms with van der Waals surface area (Å²) >= 11 is 0. The van der Waals surface area contributed by atoms with E-state index < -0.39 is 41.7 Å². The average molecular weight is 627 g/mol. The number of nitrogen functional groups attached to an aromatic ring is 1. The molecule has 236 valence electrons. The number of Topliss-reactive ketones (excluding diaryl/α,β-unsaturated/α-hetero) is 1. The number of furan rings is 2. The van der Waals surface area contributed by atoms with Gasteiger partial charge in [-0.3, -0.25) is 29.4 Å². The van der Waals surface area contributed by atoms with E-state index >= 15 is 0 Å². The van der Waals surface area contributed by atoms with E-state index in [2.05, 4.69) is 19.4 Å². The van der Waals surface area contributed by atoms with Gasteiger partial charge in [-0.15, -0.1) is 12.4 Å². The summed E-state index contributed by atoms with van der Waals surface area (Å²) in [5.74, 6) is -2.44. The predicted molar refractivity (Wildman–Crippen MR) is 154 cm³/mol. The summed E-state index contributed by atoms with van der Waals surface area (Å²) in [6.45, 7) is 8.46. The SMILES string of the molecule is CCOC(=O)C(CC(C)=O)C(=O)OCC.Cc1ccc(-c2nc(O)c(CC(=O)O)c(=O)[nH]2)o1.Cc1ccc(C(=N)N)o1.Cl. The number of aryl methyl sites for hydroxylation is 2. The number of aliphatic carboxylic acids is 1. The van der Waals surface area contributed by atoms with Gasteiger partial charge in [-0.25, -0.2) is 0 Å². The van der Waals surface area contributed by atoms with Gasteiger partial charge in [-0.05, 0) is 58.9 Å². The van der Waals surface area contributed by atoms with Gasteiger partial charge in [0, 0.05) is 6.42 Å². The zero-order valence-electron chi connectivity index (χ0n) is 24.2. The van der Waals surface area contributed by atoms with Gasteiger partial charge in [-0.1, -0.05) is 0 Å². The van der Waals surface area contributed by atoms with Crippen LogP contribution < -0.4 is 11.3 Å². The number of halogens is 1. The molecule has 0 aliphatic carbocycles. The summed E-state index contributed by atoms with van der Waals surface area (Å²) in [4.78, 5) is 61.7. The smallest absolute Gasteiger partial charge is 0.320 e. The Labute approximate surface area is 252 Å². The molecule has 0 aromatic carbocycles. The zero-order valence-corrected chi connectivity index (χ0v) is 25.0. The molecular formula is C27H35ClN4O11. The van der Waals surface area contributed by atoms with E-state index in [1.54, 1.807) is 45.0 Å². The van der Waals surface area contributed by atoms with Crippen LogP contribution in [0.15, 0.2) is 37.9 Å². The Morgan fingerprint density at radius 2 is 1.56 bits per heavy atom. The van der Waals surface area contributed by atoms with Gasteiger partial charge in [0.05, 0.1) is 25.2 Å². The van der Waals surface area contributed by atoms with Crippen molar-refractivity contribution in [2.45, 2.75) is 47.5 Å². The number of H-pyrrole nitrogens is 1. The molecule has 3 heterocycles. The first kappa shape index (κ1) is 38.1. The highest BCUT2D eigenvalue weighted by Crippen LogP contribution is 2.20. The van der Waals surface area contributed by atoms with Gasteiger partial charge in [-0.2, -0.15) is 4.98 Å². The molecule has 0 bridgehead atoms. The Morgan fingerprint density at radius 3 is 1.91 bits per heavy atom. The number of ether oxygens (including phenoxy) is 2. The molecular weight excluding hydrogens is 592 g/mol. The maximum Gasteiger partial charge on any atom is 0.320 e. The van der Waals surface area contributed by atoms with Crippen molar-refractivity contribution in [1.82, 2.24) is 9.97 Å². The van der Waals surface area contributed by atoms with Crippen molar-refractivity contribution in [3.05, 3.63) is 57.5 Å². The fourth-order valence-corrected chi connectivity index (χ4v) is 3.09. The Bertz CT molecular complexity index is 1440. The van der Waals surface area contributed by atoms with Gasteiger partial charge >= 0.3 is 17.9 Å². The maximum atomic E-state index is 11.6. The number of aromatic hydroxyl groups is 1. The molecule has 0 aliphatic rings. The van der Waals surface area contributed by atoms with Crippen molar-refractivity contribution in [2.24, 2.45) is 11.7 Å². The number of carboxylic acids is 1. The standard InChI is InChI=1S/C11H10N2O5.C10H16O5.C6H8N2O.ClH/c1-5-2-3-7(18-5)9-12-10(16)6(4-8(14)15)11(17)13-9;1-4-14-9(12)8(6-7(3)11)10(13)15-5-2;1-4-2-3-5(9-4)6(7)8;/h2-3H,4H2,1H3,(H,14,15)(H2,12,13,16,17);8H,4-6H2,1-3H3;2-3H,1H3,(H3,7,8);1H. The summed E-state index contributed by atoms with van der Waals surface area (Å²) in [5, 5.41) is 25.1. The Morgan fingerprint density at radius 1 is 1.02 bits per heavy atom. The van der Waals surface area contributed by atoms with Crippen LogP contribution in [0.1, 0.15) is 50.0 Å². The quantitative estimate of drug-likeness (QED) is 0.0940. The van der Waals surface area contributed by atoms with E-state index in [1.807, 2.05) is 6.92 Å². The number of carboxylic acid groups (broad SMARTS) is 1. The minimum atomic E-state index is -1.22. The lowest BCUT2D eigenvalue weighted by Gasteiger charge is -2.12. The monoisotopic (exact) mass is 626 g/mol. The normalized spacial score (nSPS) is 9.81. The summed E-state index contributed by atoms with van der Waals surface area (Å²) in [5.41, 5.74) is 4.13. The zero-order chi connectivity index (χ0) is 32.0. The summed E-state index contributed by atoms with van der Waals surface area (Å²) < 4.78 is 19.6. The number of nitrogens with two attached hydrogens (primary N) is 1. The number of rotatable bonds is 10. The predicted octanol–water partition coefficient (Wildman–Crippen LogP) is 2.67. The number of esters is 2. The van der Waals surface area contributed by atoms with Crippen LogP contribution in [0.25, 0.3) is 11.6 Å². The molecule has 0 radical (unpaired) electrons. The first-order valence-corrected chi connectivity index (χ1v) is 12.5. The van der Waals surface area contributed by atoms with E-state index in [0.717, 1.165) is 5.76 Å². The molecule has 3 aromatic heterocycles. The number of hydrogen-bond acceptors (Lipinski definition) is 12. The third kappa shape index (κ3) is 13.1. The van der Waals surface area contributed by atoms with Crippen LogP contribution in [0.3, 0.4) is 0 Å². The number of aromatic amines is 1. The average Bonchev–Trinajstić information content (AvgIpc) is 3.54. The molecule has 3 aromatic rings. The molecule has 15 nitrogen and oxygen atoms in total. The molecule has 0 aliphatic heterocycles. The van der Waals surface area contributed by atoms with Crippen LogP contribution in [0.5, 0.6) is 5.88 Å². The van der Waals surface area contributed by atoms with Crippen molar-refractivity contribution in [3.63, 3.8) is 0 Å². The second-order valence-corrected chi connectivity index (χ2v) is 8.48. The summed E-state index contributed by atoms with van der Waals surface area (Å²) in [6, 6.07) is 6.72. The number of nitrogens with zero attached hydrogens (tertiary/aromatic N) is 1. The highest BCUT2D eigenvalue weighted by atomic mass is 35.5. The van der Waals surface area contributed by atoms with Gasteiger partial charge in [0.1, 0.15) is 17.3 Å². The van der Waals surface area contributed by atoms with Crippen molar-refractivity contribution in [1.29, 1.82) is 5.41 Å². The summed E-state index contributed by atoms with van der Waals surface area (Å²) in [6.07, 6.45) is -0.761. The van der Waals surface area contributed by atoms with E-state index in [0.29, 0.717) is 17.3 Å². The van der Waals surface area contributed by atoms with E-state index in [9.17, 15) is 29.1 Å². The molecule has 16 heteroatoms. The van der Waals surface area contributed by atoms with Gasteiger partial charge in [0.25, 0.3) is 5.56 Å². The minimum Gasteiger partial charge on any atom is -0.493 e. The number of carbonyl (C=O) groups is 4. The van der Waals surface area contributed by atoms with E-state index in [1.165, 1.54) is 6.92 Å². The molecule has 3 rings (SSSR count). The topological polar surface area (TPSA) is 249 Å². The van der Waals surface area contributed by atoms with Gasteiger partial charge in [0.2, 0.25) is 5.88 Å². The number of carbonyl (C=O) groups excluding carboxylic acids is 3. The van der Waals surface area contributed by atoms with Crippen LogP contribution in [0.4, 0.5) is 0 Å². The molecule has 43 heavy (non-hydrogen) atoms. The van der Waals surface area contributed by atoms with Gasteiger partial charge < -0.3 is 39.2 Å². The third-order valence-electron chi connectivity index (χ3n) is 4.94. The number of ketones is 1. The molecule has 6 N–H and O–H groups in total. The van der Waals surface area contributed by atoms with Crippen LogP contribution in [-0.4, -0.2) is 62.9 Å². The molecule has 0 amide bonds. The van der Waals surface area contributed by atoms with Crippen LogP contribution in [0.2, 0.25) is 0 Å². The van der Waals surface area contributed by atoms with Crippen molar-refractivity contribution < 1.29 is 47.7 Å². The molecule has 0 spiro atoms. The highest BCUT2D eigenvalue weighted by Gasteiger charge is 2.30. The minimum absolute atomic E-state index is 0. The van der Waals surface area contributed by atoms with Gasteiger partial charge in [0.15, 0.2) is 29.1 Å². The number of hydrogen-bond donors (Lipinski definition) is 5. The number of amidine groups is 1. The van der Waals surface area contributed by atoms with Crippen molar-refractivity contribution in [2.75, 3.05) is 13.2 Å². The Balaban J connectivity index is 0.000000640. The second kappa shape index (κ2) is 18.5. The lowest BCUT2D eigenvalue weighted by molar-refractivity contribution is -0.163. The fourth-order valence-electron chi connectivity index (χ4n) is 3.09. The Hall–Kier alpha value is -4.92. The molecule has 0 saturated heterocycles. The molecule has 0 atom stereocenters. The number of aromatic nitrogens is 2.